The van der Waals surface area contributed by atoms with Crippen molar-refractivity contribution < 1.29 is 14.3 Å². The maximum atomic E-state index is 11.0. The molecule has 1 amide bonds. The first-order valence-corrected chi connectivity index (χ1v) is 5.82. The fraction of sp³-hybridized carbons (Fsp3) is 0.231. The zero-order valence-corrected chi connectivity index (χ0v) is 10.6. The molecule has 0 saturated carbocycles. The molecule has 0 radical (unpaired) electrons. The van der Waals surface area contributed by atoms with Crippen LogP contribution in [0.4, 0.5) is 0 Å². The van der Waals surface area contributed by atoms with Crippen LogP contribution >= 0.6 is 0 Å². The van der Waals surface area contributed by atoms with Gasteiger partial charge in [0.25, 0.3) is 5.91 Å². The van der Waals surface area contributed by atoms with Gasteiger partial charge in [-0.1, -0.05) is 0 Å². The summed E-state index contributed by atoms with van der Waals surface area (Å²) in [5.74, 6) is 0.931. The minimum absolute atomic E-state index is 0.0147. The van der Waals surface area contributed by atoms with Crippen molar-refractivity contribution in [2.75, 3.05) is 13.7 Å². The van der Waals surface area contributed by atoms with E-state index >= 15 is 0 Å². The second kappa shape index (κ2) is 4.31. The molecular weight excluding hydrogens is 246 g/mol. The lowest BCUT2D eigenvalue weighted by molar-refractivity contribution is -0.124. The minimum atomic E-state index is -0.249. The fourth-order valence-corrected chi connectivity index (χ4v) is 2.12. The van der Waals surface area contributed by atoms with E-state index in [0.717, 1.165) is 22.2 Å². The van der Waals surface area contributed by atoms with Gasteiger partial charge < -0.3 is 14.0 Å². The van der Waals surface area contributed by atoms with E-state index in [4.69, 9.17) is 9.47 Å². The molecule has 3 rings (SSSR count). The van der Waals surface area contributed by atoms with Gasteiger partial charge in [0.05, 0.1) is 12.7 Å². The van der Waals surface area contributed by atoms with Crippen LogP contribution < -0.4 is 10.2 Å². The Kier molecular flexibility index (Phi) is 2.63. The van der Waals surface area contributed by atoms with E-state index in [9.17, 15) is 4.79 Å². The third-order valence-corrected chi connectivity index (χ3v) is 3.05. The lowest BCUT2D eigenvalue weighted by atomic mass is 10.1. The summed E-state index contributed by atoms with van der Waals surface area (Å²) in [5.41, 5.74) is 4.29. The highest BCUT2D eigenvalue weighted by Gasteiger charge is 2.19. The highest BCUT2D eigenvalue weighted by atomic mass is 16.5. The monoisotopic (exact) mass is 259 g/mol. The molecule has 0 fully saturated rings. The van der Waals surface area contributed by atoms with Crippen LogP contribution in [0.3, 0.4) is 0 Å². The SMILES string of the molecule is COc1ccc2c(c1)c(C1=NNC(=O)CO1)cn2C. The molecule has 1 aromatic heterocycles. The molecule has 1 aliphatic heterocycles. The first kappa shape index (κ1) is 11.6. The van der Waals surface area contributed by atoms with Crippen molar-refractivity contribution >= 4 is 22.7 Å². The van der Waals surface area contributed by atoms with Crippen LogP contribution in [0.1, 0.15) is 5.56 Å². The van der Waals surface area contributed by atoms with Crippen molar-refractivity contribution in [3.8, 4) is 5.75 Å². The predicted molar refractivity (Wildman–Crippen MR) is 70.1 cm³/mol. The van der Waals surface area contributed by atoms with E-state index in [1.807, 2.05) is 36.0 Å². The van der Waals surface area contributed by atoms with Gasteiger partial charge in [0, 0.05) is 24.1 Å². The maximum Gasteiger partial charge on any atom is 0.278 e. The molecule has 0 aliphatic carbocycles. The Labute approximate surface area is 109 Å². The molecule has 2 aromatic rings. The van der Waals surface area contributed by atoms with Gasteiger partial charge in [-0.2, -0.15) is 0 Å². The summed E-state index contributed by atoms with van der Waals surface area (Å²) >= 11 is 0. The summed E-state index contributed by atoms with van der Waals surface area (Å²) in [6, 6.07) is 5.80. The quantitative estimate of drug-likeness (QED) is 0.874. The number of ether oxygens (including phenoxy) is 2. The van der Waals surface area contributed by atoms with E-state index in [2.05, 4.69) is 10.5 Å². The zero-order valence-electron chi connectivity index (χ0n) is 10.6. The molecule has 0 spiro atoms. The third-order valence-electron chi connectivity index (χ3n) is 3.05. The highest BCUT2D eigenvalue weighted by molar-refractivity contribution is 6.08. The lowest BCUT2D eigenvalue weighted by Gasteiger charge is -2.12. The topological polar surface area (TPSA) is 64.8 Å². The number of hydrogen-bond donors (Lipinski definition) is 1. The average Bonchev–Trinajstić information content (AvgIpc) is 2.76. The number of nitrogens with one attached hydrogen (secondary N) is 1. The molecule has 0 atom stereocenters. The second-order valence-electron chi connectivity index (χ2n) is 4.28. The Morgan fingerprint density at radius 3 is 3.00 bits per heavy atom. The molecule has 6 nitrogen and oxygen atoms in total. The van der Waals surface area contributed by atoms with Gasteiger partial charge in [-0.05, 0) is 18.2 Å². The Morgan fingerprint density at radius 2 is 2.32 bits per heavy atom. The molecular formula is C13H13N3O3. The van der Waals surface area contributed by atoms with Crippen LogP contribution in [-0.4, -0.2) is 30.1 Å². The van der Waals surface area contributed by atoms with Crippen LogP contribution in [0, 0.1) is 0 Å². The van der Waals surface area contributed by atoms with Crippen molar-refractivity contribution in [1.82, 2.24) is 9.99 Å². The molecule has 6 heteroatoms. The highest BCUT2D eigenvalue weighted by Crippen LogP contribution is 2.26. The third kappa shape index (κ3) is 1.91. The van der Waals surface area contributed by atoms with Gasteiger partial charge in [-0.25, -0.2) is 5.43 Å². The molecule has 1 aliphatic rings. The van der Waals surface area contributed by atoms with Crippen molar-refractivity contribution in [2.45, 2.75) is 0 Å². The van der Waals surface area contributed by atoms with Crippen molar-refractivity contribution in [2.24, 2.45) is 12.1 Å². The van der Waals surface area contributed by atoms with Crippen LogP contribution in [-0.2, 0) is 16.6 Å². The van der Waals surface area contributed by atoms with Crippen molar-refractivity contribution in [1.29, 1.82) is 0 Å². The van der Waals surface area contributed by atoms with Gasteiger partial charge in [-0.15, -0.1) is 5.10 Å². The summed E-state index contributed by atoms with van der Waals surface area (Å²) in [4.78, 5) is 11.0. The number of fused-ring (bicyclic) bond motifs is 1. The first-order chi connectivity index (χ1) is 9.19. The largest absolute Gasteiger partial charge is 0.497 e. The Morgan fingerprint density at radius 1 is 1.47 bits per heavy atom. The van der Waals surface area contributed by atoms with Gasteiger partial charge in [0.15, 0.2) is 6.61 Å². The van der Waals surface area contributed by atoms with E-state index < -0.39 is 0 Å². The van der Waals surface area contributed by atoms with Crippen LogP contribution in [0.25, 0.3) is 10.9 Å². The Hall–Kier alpha value is -2.50. The molecule has 0 unspecified atom stereocenters. The summed E-state index contributed by atoms with van der Waals surface area (Å²) < 4.78 is 12.6. The molecule has 1 N–H and O–H groups in total. The van der Waals surface area contributed by atoms with E-state index in [-0.39, 0.29) is 12.5 Å². The van der Waals surface area contributed by atoms with Crippen LogP contribution in [0.2, 0.25) is 0 Å². The molecule has 98 valence electrons. The number of hydrogen-bond acceptors (Lipinski definition) is 4. The van der Waals surface area contributed by atoms with Crippen LogP contribution in [0.5, 0.6) is 5.75 Å². The maximum absolute atomic E-state index is 11.0. The van der Waals surface area contributed by atoms with E-state index in [1.165, 1.54) is 0 Å². The average molecular weight is 259 g/mol. The van der Waals surface area contributed by atoms with Crippen LogP contribution in [0.15, 0.2) is 29.5 Å². The Bertz CT molecular complexity index is 688. The standard InChI is InChI=1S/C13H13N3O3/c1-16-6-10(13-15-14-12(17)7-19-13)9-5-8(18-2)3-4-11(9)16/h3-6H,7H2,1-2H3,(H,14,17). The van der Waals surface area contributed by atoms with Gasteiger partial charge in [0.2, 0.25) is 5.90 Å². The fourth-order valence-electron chi connectivity index (χ4n) is 2.12. The number of aryl methyl sites for hydroxylation is 1. The molecule has 2 heterocycles. The van der Waals surface area contributed by atoms with Crippen molar-refractivity contribution in [3.05, 3.63) is 30.0 Å². The number of hydrazone groups is 1. The number of amides is 1. The first-order valence-electron chi connectivity index (χ1n) is 5.82. The van der Waals surface area contributed by atoms with Gasteiger partial charge in [-0.3, -0.25) is 4.79 Å². The van der Waals surface area contributed by atoms with Gasteiger partial charge in [0.1, 0.15) is 5.75 Å². The summed E-state index contributed by atoms with van der Waals surface area (Å²) in [7, 11) is 3.57. The summed E-state index contributed by atoms with van der Waals surface area (Å²) in [5, 5.41) is 4.91. The number of methoxy groups -OCH3 is 1. The second-order valence-corrected chi connectivity index (χ2v) is 4.28. The van der Waals surface area contributed by atoms with E-state index in [0.29, 0.717) is 5.90 Å². The van der Waals surface area contributed by atoms with Gasteiger partial charge >= 0.3 is 0 Å². The smallest absolute Gasteiger partial charge is 0.278 e. The Balaban J connectivity index is 2.15. The van der Waals surface area contributed by atoms with E-state index in [1.54, 1.807) is 7.11 Å². The number of rotatable bonds is 2. The molecule has 19 heavy (non-hydrogen) atoms. The molecule has 0 saturated heterocycles. The normalized spacial score (nSPS) is 14.8. The lowest BCUT2D eigenvalue weighted by Crippen LogP contribution is -2.32. The summed E-state index contributed by atoms with van der Waals surface area (Å²) in [6.07, 6.45) is 1.92. The number of carbonyl (C=O) groups excluding carboxylic acids is 1. The molecule has 1 aromatic carbocycles. The molecule has 0 bridgehead atoms. The predicted octanol–water partition coefficient (Wildman–Crippen LogP) is 0.995. The number of aromatic nitrogens is 1. The zero-order chi connectivity index (χ0) is 13.4. The number of carbonyl (C=O) groups is 1. The number of benzene rings is 1. The minimum Gasteiger partial charge on any atom is -0.497 e. The van der Waals surface area contributed by atoms with Crippen molar-refractivity contribution in [3.63, 3.8) is 0 Å². The number of nitrogens with zero attached hydrogens (tertiary/aromatic N) is 2. The summed E-state index contributed by atoms with van der Waals surface area (Å²) in [6.45, 7) is -0.0147.